The highest BCUT2D eigenvalue weighted by molar-refractivity contribution is 5.58. The molecule has 0 aliphatic heterocycles. The molecule has 0 unspecified atom stereocenters. The van der Waals surface area contributed by atoms with Crippen LogP contribution in [0.5, 0.6) is 23.0 Å². The van der Waals surface area contributed by atoms with E-state index >= 15 is 0 Å². The normalized spacial score (nSPS) is 10.8. The second-order valence-electron chi connectivity index (χ2n) is 11.2. The molecule has 0 radical (unpaired) electrons. The Balaban J connectivity index is 1.33. The Labute approximate surface area is 262 Å². The van der Waals surface area contributed by atoms with Crippen LogP contribution >= 0.6 is 0 Å². The highest BCUT2D eigenvalue weighted by Crippen LogP contribution is 2.39. The molecule has 0 bridgehead atoms. The fourth-order valence-corrected chi connectivity index (χ4v) is 5.58. The lowest BCUT2D eigenvalue weighted by Crippen LogP contribution is -2.07. The molecule has 0 amide bonds. The van der Waals surface area contributed by atoms with Crippen LogP contribution in [0.15, 0.2) is 109 Å². The molecule has 4 heteroatoms. The molecule has 5 aromatic carbocycles. The van der Waals surface area contributed by atoms with Crippen molar-refractivity contribution in [3.05, 3.63) is 154 Å². The van der Waals surface area contributed by atoms with Crippen LogP contribution in [-0.4, -0.2) is 7.11 Å². The Morgan fingerprint density at radius 1 is 0.500 bits per heavy atom. The second kappa shape index (κ2) is 15.2. The Morgan fingerprint density at radius 3 is 1.59 bits per heavy atom. The van der Waals surface area contributed by atoms with Gasteiger partial charge in [0.2, 0.25) is 0 Å². The van der Waals surface area contributed by atoms with Crippen molar-refractivity contribution in [2.75, 3.05) is 7.11 Å². The van der Waals surface area contributed by atoms with Crippen molar-refractivity contribution in [2.45, 2.75) is 59.9 Å². The predicted molar refractivity (Wildman–Crippen MR) is 178 cm³/mol. The van der Waals surface area contributed by atoms with Crippen molar-refractivity contribution >= 4 is 0 Å². The summed E-state index contributed by atoms with van der Waals surface area (Å²) in [5.74, 6) is 3.56. The fraction of sp³-hybridized carbons (Fsp3) is 0.250. The number of rotatable bonds is 14. The lowest BCUT2D eigenvalue weighted by molar-refractivity contribution is 0.287. The molecule has 5 rings (SSSR count). The molecule has 0 spiro atoms. The minimum absolute atomic E-state index is 0.502. The summed E-state index contributed by atoms with van der Waals surface area (Å²) in [5, 5.41) is 0. The molecule has 44 heavy (non-hydrogen) atoms. The third-order valence-electron chi connectivity index (χ3n) is 8.14. The van der Waals surface area contributed by atoms with E-state index in [-0.39, 0.29) is 0 Å². The van der Waals surface area contributed by atoms with Gasteiger partial charge in [-0.1, -0.05) is 97.1 Å². The summed E-state index contributed by atoms with van der Waals surface area (Å²) in [6.07, 6.45) is 2.66. The van der Waals surface area contributed by atoms with Crippen molar-refractivity contribution < 1.29 is 18.9 Å². The topological polar surface area (TPSA) is 36.9 Å². The second-order valence-corrected chi connectivity index (χ2v) is 11.2. The molecular weight excluding hydrogens is 544 g/mol. The first-order valence-corrected chi connectivity index (χ1v) is 15.3. The molecule has 4 nitrogen and oxygen atoms in total. The summed E-state index contributed by atoms with van der Waals surface area (Å²) in [6.45, 7) is 7.94. The monoisotopic (exact) mass is 586 g/mol. The van der Waals surface area contributed by atoms with E-state index in [1.165, 1.54) is 5.56 Å². The van der Waals surface area contributed by atoms with E-state index in [0.29, 0.717) is 19.8 Å². The number of methoxy groups -OCH3 is 1. The molecule has 0 aromatic heterocycles. The van der Waals surface area contributed by atoms with Gasteiger partial charge in [0.1, 0.15) is 42.8 Å². The van der Waals surface area contributed by atoms with E-state index in [1.54, 1.807) is 7.11 Å². The van der Waals surface area contributed by atoms with Gasteiger partial charge in [0.15, 0.2) is 0 Å². The smallest absolute Gasteiger partial charge is 0.126 e. The van der Waals surface area contributed by atoms with Gasteiger partial charge in [0.25, 0.3) is 0 Å². The van der Waals surface area contributed by atoms with E-state index < -0.39 is 0 Å². The molecule has 0 aliphatic rings. The molecule has 0 fully saturated rings. The molecule has 5 aromatic rings. The van der Waals surface area contributed by atoms with E-state index in [2.05, 4.69) is 63.2 Å². The van der Waals surface area contributed by atoms with E-state index in [9.17, 15) is 0 Å². The minimum atomic E-state index is 0.502. The molecule has 0 heterocycles. The van der Waals surface area contributed by atoms with Crippen molar-refractivity contribution in [1.82, 2.24) is 0 Å². The Bertz CT molecular complexity index is 1630. The molecular formula is C40H42O4. The first kappa shape index (κ1) is 30.7. The third-order valence-corrected chi connectivity index (χ3v) is 8.14. The van der Waals surface area contributed by atoms with Crippen LogP contribution in [0.3, 0.4) is 0 Å². The van der Waals surface area contributed by atoms with Gasteiger partial charge in [-0.3, -0.25) is 0 Å². The van der Waals surface area contributed by atoms with Crippen molar-refractivity contribution in [2.24, 2.45) is 0 Å². The van der Waals surface area contributed by atoms with Crippen molar-refractivity contribution in [3.63, 3.8) is 0 Å². The quantitative estimate of drug-likeness (QED) is 0.130. The SMILES string of the molecule is COc1c(C)c(C)c(OCc2ccccc2)c(C)c1CCCc1ccc(OCc2ccccc2)cc1OCc1ccccc1. The van der Waals surface area contributed by atoms with Gasteiger partial charge < -0.3 is 18.9 Å². The molecule has 0 saturated carbocycles. The van der Waals surface area contributed by atoms with Gasteiger partial charge in [0.05, 0.1) is 7.11 Å². The zero-order valence-electron chi connectivity index (χ0n) is 26.3. The number of ether oxygens (including phenoxy) is 4. The molecule has 0 saturated heterocycles. The first-order chi connectivity index (χ1) is 21.5. The van der Waals surface area contributed by atoms with Crippen LogP contribution < -0.4 is 18.9 Å². The zero-order chi connectivity index (χ0) is 30.7. The van der Waals surface area contributed by atoms with Crippen LogP contribution in [0.2, 0.25) is 0 Å². The predicted octanol–water partition coefficient (Wildman–Crippen LogP) is 9.53. The van der Waals surface area contributed by atoms with Gasteiger partial charge in [-0.05, 0) is 85.0 Å². The standard InChI is InChI=1S/C40H42O4/c1-29-30(2)40(41-4)37(31(3)39(29)44-28-34-19-12-7-13-20-34)22-14-21-35-23-24-36(42-26-32-15-8-5-9-16-32)25-38(35)43-27-33-17-10-6-11-18-33/h5-13,15-20,23-25H,14,21-22,26-28H2,1-4H3. The number of hydrogen-bond acceptors (Lipinski definition) is 4. The summed E-state index contributed by atoms with van der Waals surface area (Å²) >= 11 is 0. The van der Waals surface area contributed by atoms with Gasteiger partial charge in [0, 0.05) is 11.6 Å². The average Bonchev–Trinajstić information content (AvgIpc) is 3.07. The van der Waals surface area contributed by atoms with Crippen LogP contribution in [0.4, 0.5) is 0 Å². The molecule has 0 atom stereocenters. The van der Waals surface area contributed by atoms with E-state index in [4.69, 9.17) is 18.9 Å². The summed E-state index contributed by atoms with van der Waals surface area (Å²) in [7, 11) is 1.76. The highest BCUT2D eigenvalue weighted by Gasteiger charge is 2.19. The van der Waals surface area contributed by atoms with Gasteiger partial charge in [-0.15, -0.1) is 0 Å². The molecule has 0 N–H and O–H groups in total. The summed E-state index contributed by atoms with van der Waals surface area (Å²) in [6, 6.07) is 37.0. The van der Waals surface area contributed by atoms with Crippen molar-refractivity contribution in [1.29, 1.82) is 0 Å². The maximum Gasteiger partial charge on any atom is 0.126 e. The van der Waals surface area contributed by atoms with Crippen LogP contribution in [0.25, 0.3) is 0 Å². The maximum atomic E-state index is 6.41. The Hall–Kier alpha value is -4.70. The zero-order valence-corrected chi connectivity index (χ0v) is 26.3. The Morgan fingerprint density at radius 2 is 1.02 bits per heavy atom. The molecule has 0 aliphatic carbocycles. The average molecular weight is 587 g/mol. The van der Waals surface area contributed by atoms with Crippen LogP contribution in [0.1, 0.15) is 50.9 Å². The lowest BCUT2D eigenvalue weighted by atomic mass is 9.93. The van der Waals surface area contributed by atoms with Crippen LogP contribution in [-0.2, 0) is 32.7 Å². The number of benzene rings is 5. The maximum absolute atomic E-state index is 6.41. The Kier molecular flexibility index (Phi) is 10.6. The molecule has 226 valence electrons. The van der Waals surface area contributed by atoms with E-state index in [0.717, 1.165) is 81.2 Å². The van der Waals surface area contributed by atoms with Crippen molar-refractivity contribution in [3.8, 4) is 23.0 Å². The third kappa shape index (κ3) is 7.82. The number of hydrogen-bond donors (Lipinski definition) is 0. The van der Waals surface area contributed by atoms with Crippen LogP contribution in [0, 0.1) is 20.8 Å². The van der Waals surface area contributed by atoms with Gasteiger partial charge in [-0.2, -0.15) is 0 Å². The van der Waals surface area contributed by atoms with Gasteiger partial charge >= 0.3 is 0 Å². The minimum Gasteiger partial charge on any atom is -0.496 e. The lowest BCUT2D eigenvalue weighted by Gasteiger charge is -2.22. The summed E-state index contributed by atoms with van der Waals surface area (Å²) in [5.41, 5.74) is 9.18. The largest absolute Gasteiger partial charge is 0.496 e. The summed E-state index contributed by atoms with van der Waals surface area (Å²) in [4.78, 5) is 0. The highest BCUT2D eigenvalue weighted by atomic mass is 16.5. The summed E-state index contributed by atoms with van der Waals surface area (Å²) < 4.78 is 24.9. The van der Waals surface area contributed by atoms with Gasteiger partial charge in [-0.25, -0.2) is 0 Å². The van der Waals surface area contributed by atoms with E-state index in [1.807, 2.05) is 66.7 Å². The fourth-order valence-electron chi connectivity index (χ4n) is 5.58. The number of aryl methyl sites for hydroxylation is 1. The first-order valence-electron chi connectivity index (χ1n) is 15.3.